The number of hydrogen-bond acceptors (Lipinski definition) is 5. The number of aromatic carboxylic acids is 1. The summed E-state index contributed by atoms with van der Waals surface area (Å²) >= 11 is 0. The van der Waals surface area contributed by atoms with E-state index >= 15 is 0 Å². The zero-order valence-electron chi connectivity index (χ0n) is 12.2. The van der Waals surface area contributed by atoms with Gasteiger partial charge in [-0.3, -0.25) is 4.18 Å². The predicted octanol–water partition coefficient (Wildman–Crippen LogP) is 1.03. The molecule has 116 valence electrons. The molecule has 0 atom stereocenters. The van der Waals surface area contributed by atoms with E-state index in [-0.39, 0.29) is 46.6 Å². The summed E-state index contributed by atoms with van der Waals surface area (Å²) in [6, 6.07) is 5.07. The van der Waals surface area contributed by atoms with Crippen LogP contribution in [0.4, 0.5) is 0 Å². The molecule has 0 bridgehead atoms. The van der Waals surface area contributed by atoms with Crippen molar-refractivity contribution in [3.05, 3.63) is 29.8 Å². The van der Waals surface area contributed by atoms with E-state index in [9.17, 15) is 13.2 Å². The molecule has 1 aromatic rings. The fourth-order valence-corrected chi connectivity index (χ4v) is 2.08. The summed E-state index contributed by atoms with van der Waals surface area (Å²) in [7, 11) is 2.16. The first-order chi connectivity index (χ1) is 9.20. The number of hydrogen-bond donors (Lipinski definition) is 1. The summed E-state index contributed by atoms with van der Waals surface area (Å²) in [6.07, 6.45) is 0.567. The van der Waals surface area contributed by atoms with Gasteiger partial charge in [-0.05, 0) is 45.8 Å². The van der Waals surface area contributed by atoms with Gasteiger partial charge in [-0.2, -0.15) is 8.42 Å². The molecule has 0 aliphatic heterocycles. The molecule has 0 unspecified atom stereocenters. The Morgan fingerprint density at radius 1 is 1.29 bits per heavy atom. The van der Waals surface area contributed by atoms with Crippen LogP contribution in [-0.2, 0) is 14.3 Å². The minimum atomic E-state index is -3.84. The zero-order chi connectivity index (χ0) is 15.8. The molecule has 0 spiro atoms. The number of rotatable bonds is 5. The third-order valence-corrected chi connectivity index (χ3v) is 3.12. The van der Waals surface area contributed by atoms with Crippen molar-refractivity contribution >= 4 is 45.6 Å². The quantitative estimate of drug-likeness (QED) is 0.642. The Labute approximate surface area is 148 Å². The summed E-state index contributed by atoms with van der Waals surface area (Å²) in [4.78, 5) is 12.5. The van der Waals surface area contributed by atoms with Gasteiger partial charge in [0.1, 0.15) is 0 Å². The normalized spacial score (nSPS) is 10.3. The first-order valence-corrected chi connectivity index (χ1v) is 7.45. The average molecular weight is 327 g/mol. The molecule has 0 aromatic heterocycles. The van der Waals surface area contributed by atoms with E-state index in [1.54, 1.807) is 6.92 Å². The van der Waals surface area contributed by atoms with E-state index in [0.717, 1.165) is 6.07 Å². The summed E-state index contributed by atoms with van der Waals surface area (Å²) in [5.41, 5.74) is -0.0822. The van der Waals surface area contributed by atoms with Crippen molar-refractivity contribution in [3.8, 4) is 0 Å². The van der Waals surface area contributed by atoms with Crippen LogP contribution >= 0.6 is 0 Å². The maximum atomic E-state index is 11.6. The molecular weight excluding hydrogens is 305 g/mol. The molecule has 8 heteroatoms. The van der Waals surface area contributed by atoms with Crippen molar-refractivity contribution in [2.45, 2.75) is 18.2 Å². The summed E-state index contributed by atoms with van der Waals surface area (Å²) < 4.78 is 27.8. The Morgan fingerprint density at radius 2 is 1.81 bits per heavy atom. The third kappa shape index (κ3) is 10.00. The molecule has 0 aliphatic rings. The first kappa shape index (κ1) is 22.8. The van der Waals surface area contributed by atoms with Gasteiger partial charge in [0.15, 0.2) is 0 Å². The molecule has 0 aliphatic carbocycles. The fraction of sp³-hybridized carbons (Fsp3) is 0.462. The van der Waals surface area contributed by atoms with Crippen molar-refractivity contribution in [3.63, 3.8) is 0 Å². The van der Waals surface area contributed by atoms with Crippen molar-refractivity contribution in [1.82, 2.24) is 4.90 Å². The molecule has 21 heavy (non-hydrogen) atoms. The van der Waals surface area contributed by atoms with Gasteiger partial charge in [-0.1, -0.05) is 13.0 Å². The van der Waals surface area contributed by atoms with Gasteiger partial charge in [0, 0.05) is 0 Å². The standard InChI is InChI=1S/C10H12O5S.C3H9N.Na.H/c1-2-6-15-16(13,14)9-5-3-4-8(7-9)10(11)12;1-4(2)3;;/h3-5,7H,2,6H2,1H3,(H,11,12);1-3H3;;. The molecule has 1 N–H and O–H groups in total. The van der Waals surface area contributed by atoms with Gasteiger partial charge in [0.2, 0.25) is 0 Å². The molecule has 0 saturated heterocycles. The van der Waals surface area contributed by atoms with Gasteiger partial charge in [-0.15, -0.1) is 0 Å². The second-order valence-electron chi connectivity index (χ2n) is 4.45. The van der Waals surface area contributed by atoms with Crippen LogP contribution in [0, 0.1) is 0 Å². The van der Waals surface area contributed by atoms with Crippen LogP contribution in [0.1, 0.15) is 23.7 Å². The van der Waals surface area contributed by atoms with Crippen LogP contribution in [-0.4, -0.2) is 81.7 Å². The summed E-state index contributed by atoms with van der Waals surface area (Å²) in [5, 5.41) is 8.72. The van der Waals surface area contributed by atoms with Crippen LogP contribution in [0.25, 0.3) is 0 Å². The fourth-order valence-electron chi connectivity index (χ4n) is 1.05. The van der Waals surface area contributed by atoms with Crippen LogP contribution in [0.5, 0.6) is 0 Å². The molecule has 0 amide bonds. The Morgan fingerprint density at radius 3 is 2.24 bits per heavy atom. The number of carboxylic acids is 1. The van der Waals surface area contributed by atoms with Gasteiger partial charge in [-0.25, -0.2) is 4.79 Å². The first-order valence-electron chi connectivity index (χ1n) is 6.04. The minimum absolute atomic E-state index is 0. The number of carbonyl (C=O) groups is 1. The van der Waals surface area contributed by atoms with Gasteiger partial charge < -0.3 is 10.0 Å². The third-order valence-electron chi connectivity index (χ3n) is 1.81. The number of carboxylic acid groups (broad SMARTS) is 1. The van der Waals surface area contributed by atoms with E-state index in [1.807, 2.05) is 26.0 Å². The molecule has 0 radical (unpaired) electrons. The maximum absolute atomic E-state index is 11.6. The Balaban J connectivity index is 0. The molecule has 1 rings (SSSR count). The second kappa shape index (κ2) is 11.2. The van der Waals surface area contributed by atoms with Crippen molar-refractivity contribution in [2.75, 3.05) is 27.7 Å². The van der Waals surface area contributed by atoms with E-state index in [1.165, 1.54) is 18.2 Å². The monoisotopic (exact) mass is 327 g/mol. The van der Waals surface area contributed by atoms with Gasteiger partial charge >= 0.3 is 35.5 Å². The molecule has 6 nitrogen and oxygen atoms in total. The Hall–Kier alpha value is -0.440. The summed E-state index contributed by atoms with van der Waals surface area (Å²) in [6.45, 7) is 1.86. The molecule has 0 fully saturated rings. The second-order valence-corrected chi connectivity index (χ2v) is 6.07. The number of benzene rings is 1. The predicted molar refractivity (Wildman–Crippen MR) is 83.6 cm³/mol. The zero-order valence-corrected chi connectivity index (χ0v) is 13.0. The topological polar surface area (TPSA) is 83.9 Å². The van der Waals surface area contributed by atoms with Gasteiger partial charge in [0.25, 0.3) is 10.1 Å². The van der Waals surface area contributed by atoms with Crippen LogP contribution in [0.15, 0.2) is 29.2 Å². The van der Waals surface area contributed by atoms with Crippen LogP contribution in [0.3, 0.4) is 0 Å². The average Bonchev–Trinajstić information content (AvgIpc) is 2.36. The summed E-state index contributed by atoms with van der Waals surface area (Å²) in [5.74, 6) is -1.17. The molecular formula is C13H22NNaO5S. The Bertz CT molecular complexity index is 528. The van der Waals surface area contributed by atoms with Crippen molar-refractivity contribution in [1.29, 1.82) is 0 Å². The van der Waals surface area contributed by atoms with E-state index in [2.05, 4.69) is 4.18 Å². The Kier molecular flexibility index (Phi) is 12.1. The van der Waals surface area contributed by atoms with E-state index in [0.29, 0.717) is 6.42 Å². The van der Waals surface area contributed by atoms with Crippen molar-refractivity contribution in [2.24, 2.45) is 0 Å². The van der Waals surface area contributed by atoms with Crippen LogP contribution < -0.4 is 0 Å². The van der Waals surface area contributed by atoms with Gasteiger partial charge in [0.05, 0.1) is 17.1 Å². The molecule has 1 aromatic carbocycles. The molecule has 0 heterocycles. The SMILES string of the molecule is CCCOS(=O)(=O)c1cccc(C(=O)O)c1.CN(C)C.[NaH]. The number of nitrogens with zero attached hydrogens (tertiary/aromatic N) is 1. The molecule has 0 saturated carbocycles. The van der Waals surface area contributed by atoms with E-state index < -0.39 is 16.1 Å². The van der Waals surface area contributed by atoms with Crippen LogP contribution in [0.2, 0.25) is 0 Å². The van der Waals surface area contributed by atoms with E-state index in [4.69, 9.17) is 5.11 Å². The van der Waals surface area contributed by atoms with Crippen molar-refractivity contribution < 1.29 is 22.5 Å².